The van der Waals surface area contributed by atoms with E-state index in [2.05, 4.69) is 41.8 Å². The number of aliphatic imine (C=N–C) groups is 1. The van der Waals surface area contributed by atoms with Crippen LogP contribution in [0.2, 0.25) is 0 Å². The number of amidine groups is 1. The van der Waals surface area contributed by atoms with Crippen LogP contribution in [0.1, 0.15) is 27.9 Å². The number of allylic oxidation sites excluding steroid dienone is 3. The van der Waals surface area contributed by atoms with Gasteiger partial charge in [0.2, 0.25) is 0 Å². The van der Waals surface area contributed by atoms with Gasteiger partial charge in [-0.25, -0.2) is 0 Å². The molecule has 0 radical (unpaired) electrons. The van der Waals surface area contributed by atoms with Crippen LogP contribution in [0.5, 0.6) is 0 Å². The molecule has 0 saturated carbocycles. The molecule has 3 aromatic rings. The van der Waals surface area contributed by atoms with Gasteiger partial charge in [0.05, 0.1) is 18.1 Å². The Hall–Kier alpha value is -2.78. The van der Waals surface area contributed by atoms with E-state index in [9.17, 15) is 9.59 Å². The highest BCUT2D eigenvalue weighted by molar-refractivity contribution is 9.10. The summed E-state index contributed by atoms with van der Waals surface area (Å²) in [5.41, 5.74) is 4.03. The molecule has 2 heterocycles. The molecule has 8 heteroatoms. The van der Waals surface area contributed by atoms with E-state index in [4.69, 9.17) is 4.74 Å². The zero-order valence-corrected chi connectivity index (χ0v) is 24.4. The number of rotatable bonds is 6. The first-order valence-corrected chi connectivity index (χ1v) is 14.6. The van der Waals surface area contributed by atoms with Gasteiger partial charge in [-0.2, -0.15) is 4.99 Å². The van der Waals surface area contributed by atoms with Gasteiger partial charge in [0.15, 0.2) is 11.0 Å². The van der Waals surface area contributed by atoms with Gasteiger partial charge in [0, 0.05) is 39.6 Å². The predicted molar refractivity (Wildman–Crippen MR) is 161 cm³/mol. The van der Waals surface area contributed by atoms with E-state index in [1.165, 1.54) is 11.8 Å². The third kappa shape index (κ3) is 6.43. The Kier molecular flexibility index (Phi) is 8.74. The van der Waals surface area contributed by atoms with Crippen molar-refractivity contribution in [3.05, 3.63) is 115 Å². The van der Waals surface area contributed by atoms with Gasteiger partial charge in [-0.1, -0.05) is 86.5 Å². The summed E-state index contributed by atoms with van der Waals surface area (Å²) in [6, 6.07) is 25.1. The minimum Gasteiger partial charge on any atom is -0.378 e. The first-order valence-electron chi connectivity index (χ1n) is 12.2. The maximum Gasteiger partial charge on any atom is 0.286 e. The lowest BCUT2D eigenvalue weighted by Gasteiger charge is -2.27. The Balaban J connectivity index is 1.58. The standard InChI is InChI=1S/C30H24Br2N2O3S/c31-24-10-6-21(7-11-24)26(28-29(36)33-30(38-28)34-14-16-37-17-15-34)18-23(20-4-2-1-3-5-20)19-27(35)22-8-12-25(32)13-9-22/h1-13,18H,14-17,19H2. The number of ketones is 1. The van der Waals surface area contributed by atoms with E-state index in [1.54, 1.807) is 0 Å². The lowest BCUT2D eigenvalue weighted by molar-refractivity contribution is -0.113. The second kappa shape index (κ2) is 12.4. The number of carbonyl (C=O) groups excluding carboxylic acids is 2. The zero-order chi connectivity index (χ0) is 26.5. The van der Waals surface area contributed by atoms with Crippen molar-refractivity contribution >= 4 is 71.6 Å². The molecule has 0 bridgehead atoms. The molecule has 0 spiro atoms. The summed E-state index contributed by atoms with van der Waals surface area (Å²) in [6.45, 7) is 2.63. The summed E-state index contributed by atoms with van der Waals surface area (Å²) < 4.78 is 7.33. The molecule has 1 saturated heterocycles. The number of hydrogen-bond acceptors (Lipinski definition) is 5. The van der Waals surface area contributed by atoms with Crippen LogP contribution in [0.3, 0.4) is 0 Å². The minimum absolute atomic E-state index is 0.00316. The first-order chi connectivity index (χ1) is 18.5. The van der Waals surface area contributed by atoms with Gasteiger partial charge in [-0.3, -0.25) is 9.59 Å². The summed E-state index contributed by atoms with van der Waals surface area (Å²) in [5.74, 6) is -0.263. The number of nitrogens with zero attached hydrogens (tertiary/aromatic N) is 2. The van der Waals surface area contributed by atoms with Crippen molar-refractivity contribution in [1.82, 2.24) is 4.90 Å². The number of carbonyl (C=O) groups is 2. The first kappa shape index (κ1) is 26.8. The summed E-state index contributed by atoms with van der Waals surface area (Å²) in [7, 11) is 0. The Bertz CT molecular complexity index is 1430. The molecule has 1 fully saturated rings. The normalized spacial score (nSPS) is 17.4. The van der Waals surface area contributed by atoms with E-state index in [0.717, 1.165) is 31.2 Å². The van der Waals surface area contributed by atoms with Gasteiger partial charge < -0.3 is 9.64 Å². The van der Waals surface area contributed by atoms with E-state index in [1.807, 2.05) is 84.9 Å². The number of hydrogen-bond donors (Lipinski definition) is 0. The lowest BCUT2D eigenvalue weighted by Crippen LogP contribution is -2.38. The molecule has 0 unspecified atom stereocenters. The van der Waals surface area contributed by atoms with E-state index < -0.39 is 0 Å². The van der Waals surface area contributed by atoms with E-state index in [-0.39, 0.29) is 18.1 Å². The summed E-state index contributed by atoms with van der Waals surface area (Å²) in [4.78, 5) is 33.7. The molecule has 0 N–H and O–H groups in total. The van der Waals surface area contributed by atoms with Crippen LogP contribution >= 0.6 is 43.6 Å². The highest BCUT2D eigenvalue weighted by Crippen LogP contribution is 2.38. The quantitative estimate of drug-likeness (QED) is 0.208. The van der Waals surface area contributed by atoms with Crippen molar-refractivity contribution in [3.8, 4) is 0 Å². The maximum atomic E-state index is 13.4. The fourth-order valence-corrected chi connectivity index (χ4v) is 5.81. The van der Waals surface area contributed by atoms with Crippen LogP contribution in [0.4, 0.5) is 0 Å². The molecule has 0 aromatic heterocycles. The molecule has 5 nitrogen and oxygen atoms in total. The number of thioether (sulfide) groups is 1. The monoisotopic (exact) mass is 650 g/mol. The van der Waals surface area contributed by atoms with Gasteiger partial charge in [-0.05, 0) is 58.8 Å². The molecule has 2 aliphatic rings. The smallest absolute Gasteiger partial charge is 0.286 e. The fourth-order valence-electron chi connectivity index (χ4n) is 4.24. The minimum atomic E-state index is -0.266. The molecule has 38 heavy (non-hydrogen) atoms. The molecule has 2 aliphatic heterocycles. The fraction of sp³-hybridized carbons (Fsp3) is 0.167. The molecule has 1 amide bonds. The van der Waals surface area contributed by atoms with Crippen molar-refractivity contribution < 1.29 is 14.3 Å². The van der Waals surface area contributed by atoms with Crippen LogP contribution in [0.15, 0.2) is 104 Å². The maximum absolute atomic E-state index is 13.4. The number of Topliss-reactive ketones (excluding diaryl/α,β-unsaturated/α-hetero) is 1. The second-order valence-electron chi connectivity index (χ2n) is 8.79. The van der Waals surface area contributed by atoms with Gasteiger partial charge >= 0.3 is 0 Å². The van der Waals surface area contributed by atoms with Crippen LogP contribution in [0.25, 0.3) is 11.1 Å². The van der Waals surface area contributed by atoms with Gasteiger partial charge in [-0.15, -0.1) is 0 Å². The molecule has 0 atom stereocenters. The summed E-state index contributed by atoms with van der Waals surface area (Å²) >= 11 is 8.34. The Morgan fingerprint density at radius 3 is 2.11 bits per heavy atom. The average Bonchev–Trinajstić information content (AvgIpc) is 3.34. The molecule has 0 aliphatic carbocycles. The third-order valence-electron chi connectivity index (χ3n) is 6.25. The third-order valence-corrected chi connectivity index (χ3v) is 8.43. The summed E-state index contributed by atoms with van der Waals surface area (Å²) in [5, 5.41) is 0.698. The topological polar surface area (TPSA) is 59.0 Å². The van der Waals surface area contributed by atoms with Crippen molar-refractivity contribution in [2.45, 2.75) is 6.42 Å². The van der Waals surface area contributed by atoms with Crippen LogP contribution < -0.4 is 0 Å². The molecule has 3 aromatic carbocycles. The number of ether oxygens (including phenoxy) is 1. The lowest BCUT2D eigenvalue weighted by atomic mass is 9.93. The summed E-state index contributed by atoms with van der Waals surface area (Å²) in [6.07, 6.45) is 2.17. The Labute approximate surface area is 242 Å². The van der Waals surface area contributed by atoms with Gasteiger partial charge in [0.25, 0.3) is 5.91 Å². The van der Waals surface area contributed by atoms with Crippen LogP contribution in [-0.4, -0.2) is 48.1 Å². The number of amides is 1. The number of morpholine rings is 1. The van der Waals surface area contributed by atoms with Gasteiger partial charge in [0.1, 0.15) is 0 Å². The molecular weight excluding hydrogens is 628 g/mol. The SMILES string of the molecule is O=C1N=C(N2CCOCC2)SC1=C(C=C(CC(=O)c1ccc(Br)cc1)c1ccccc1)c1ccc(Br)cc1. The largest absolute Gasteiger partial charge is 0.378 e. The number of benzene rings is 3. The van der Waals surface area contributed by atoms with Crippen LogP contribution in [0, 0.1) is 0 Å². The molecule has 192 valence electrons. The Morgan fingerprint density at radius 2 is 1.47 bits per heavy atom. The number of halogens is 2. The van der Waals surface area contributed by atoms with Crippen LogP contribution in [-0.2, 0) is 9.53 Å². The molecular formula is C30H24Br2N2O3S. The highest BCUT2D eigenvalue weighted by atomic mass is 79.9. The van der Waals surface area contributed by atoms with Crippen molar-refractivity contribution in [2.75, 3.05) is 26.3 Å². The molecule has 5 rings (SSSR count). The van der Waals surface area contributed by atoms with E-state index >= 15 is 0 Å². The highest BCUT2D eigenvalue weighted by Gasteiger charge is 2.30. The zero-order valence-electron chi connectivity index (χ0n) is 20.4. The van der Waals surface area contributed by atoms with Crippen molar-refractivity contribution in [1.29, 1.82) is 0 Å². The van der Waals surface area contributed by atoms with Crippen molar-refractivity contribution in [3.63, 3.8) is 0 Å². The predicted octanol–water partition coefficient (Wildman–Crippen LogP) is 7.24. The van der Waals surface area contributed by atoms with Crippen molar-refractivity contribution in [2.24, 2.45) is 4.99 Å². The average molecular weight is 652 g/mol. The van der Waals surface area contributed by atoms with E-state index in [0.29, 0.717) is 41.9 Å². The Morgan fingerprint density at radius 1 is 0.868 bits per heavy atom. The second-order valence-corrected chi connectivity index (χ2v) is 11.6.